The monoisotopic (exact) mass is 228 g/mol. The SMILES string of the molecule is COC(=O)c1ccc(-c2cccnc2)c(C)n1. The Hall–Kier alpha value is -2.23. The van der Waals surface area contributed by atoms with Gasteiger partial charge in [-0.05, 0) is 19.1 Å². The first-order chi connectivity index (χ1) is 8.22. The summed E-state index contributed by atoms with van der Waals surface area (Å²) in [5.74, 6) is -0.425. The summed E-state index contributed by atoms with van der Waals surface area (Å²) in [7, 11) is 1.34. The third-order valence-electron chi connectivity index (χ3n) is 2.45. The number of aromatic nitrogens is 2. The number of nitrogens with zero attached hydrogens (tertiary/aromatic N) is 2. The average Bonchev–Trinajstić information content (AvgIpc) is 2.38. The molecule has 0 spiro atoms. The van der Waals surface area contributed by atoms with Crippen molar-refractivity contribution >= 4 is 5.97 Å². The standard InChI is InChI=1S/C13H12N2O2/c1-9-11(10-4-3-7-14-8-10)5-6-12(15-9)13(16)17-2/h3-8H,1-2H3. The molecule has 0 aromatic carbocycles. The van der Waals surface area contributed by atoms with Crippen molar-refractivity contribution in [1.82, 2.24) is 9.97 Å². The number of pyridine rings is 2. The van der Waals surface area contributed by atoms with Crippen LogP contribution in [0.15, 0.2) is 36.7 Å². The molecule has 4 heteroatoms. The number of aryl methyl sites for hydroxylation is 1. The van der Waals surface area contributed by atoms with E-state index in [-0.39, 0.29) is 0 Å². The molecule has 0 saturated heterocycles. The zero-order valence-electron chi connectivity index (χ0n) is 9.68. The van der Waals surface area contributed by atoms with Gasteiger partial charge in [-0.15, -0.1) is 0 Å². The van der Waals surface area contributed by atoms with Crippen LogP contribution in [-0.4, -0.2) is 23.0 Å². The Morgan fingerprint density at radius 1 is 1.29 bits per heavy atom. The van der Waals surface area contributed by atoms with Crippen molar-refractivity contribution < 1.29 is 9.53 Å². The molecule has 17 heavy (non-hydrogen) atoms. The van der Waals surface area contributed by atoms with Gasteiger partial charge in [0, 0.05) is 29.2 Å². The molecule has 2 aromatic rings. The quantitative estimate of drug-likeness (QED) is 0.740. The van der Waals surface area contributed by atoms with Gasteiger partial charge in [-0.25, -0.2) is 9.78 Å². The third kappa shape index (κ3) is 2.30. The smallest absolute Gasteiger partial charge is 0.356 e. The maximum Gasteiger partial charge on any atom is 0.356 e. The molecule has 0 aliphatic heterocycles. The Morgan fingerprint density at radius 3 is 2.71 bits per heavy atom. The first kappa shape index (κ1) is 11.3. The number of carbonyl (C=O) groups is 1. The van der Waals surface area contributed by atoms with Crippen LogP contribution in [0.2, 0.25) is 0 Å². The first-order valence-electron chi connectivity index (χ1n) is 5.18. The zero-order valence-corrected chi connectivity index (χ0v) is 9.68. The molecular formula is C13H12N2O2. The minimum absolute atomic E-state index is 0.317. The summed E-state index contributed by atoms with van der Waals surface area (Å²) in [5, 5.41) is 0. The van der Waals surface area contributed by atoms with Gasteiger partial charge in [0.25, 0.3) is 0 Å². The second-order valence-electron chi connectivity index (χ2n) is 3.56. The van der Waals surface area contributed by atoms with Gasteiger partial charge in [0.05, 0.1) is 7.11 Å². The molecule has 2 heterocycles. The molecule has 86 valence electrons. The van der Waals surface area contributed by atoms with Crippen LogP contribution in [0.5, 0.6) is 0 Å². The summed E-state index contributed by atoms with van der Waals surface area (Å²) in [6.45, 7) is 1.86. The summed E-state index contributed by atoms with van der Waals surface area (Å²) >= 11 is 0. The number of methoxy groups -OCH3 is 1. The maximum absolute atomic E-state index is 11.3. The fourth-order valence-electron chi connectivity index (χ4n) is 1.61. The lowest BCUT2D eigenvalue weighted by atomic mass is 10.1. The van der Waals surface area contributed by atoms with Crippen molar-refractivity contribution in [3.8, 4) is 11.1 Å². The highest BCUT2D eigenvalue weighted by Gasteiger charge is 2.10. The second kappa shape index (κ2) is 4.74. The van der Waals surface area contributed by atoms with Crippen LogP contribution in [-0.2, 0) is 4.74 Å². The van der Waals surface area contributed by atoms with Crippen molar-refractivity contribution in [1.29, 1.82) is 0 Å². The van der Waals surface area contributed by atoms with E-state index in [0.29, 0.717) is 5.69 Å². The Balaban J connectivity index is 2.42. The van der Waals surface area contributed by atoms with E-state index in [4.69, 9.17) is 0 Å². The van der Waals surface area contributed by atoms with Crippen molar-refractivity contribution in [3.63, 3.8) is 0 Å². The molecule has 4 nitrogen and oxygen atoms in total. The predicted octanol–water partition coefficient (Wildman–Crippen LogP) is 2.24. The normalized spacial score (nSPS) is 10.0. The fourth-order valence-corrected chi connectivity index (χ4v) is 1.61. The molecule has 2 aromatic heterocycles. The Kier molecular flexibility index (Phi) is 3.14. The predicted molar refractivity (Wildman–Crippen MR) is 63.5 cm³/mol. The molecule has 0 saturated carbocycles. The summed E-state index contributed by atoms with van der Waals surface area (Å²) in [6, 6.07) is 7.32. The number of rotatable bonds is 2. The number of esters is 1. The van der Waals surface area contributed by atoms with Gasteiger partial charge in [0.2, 0.25) is 0 Å². The van der Waals surface area contributed by atoms with Gasteiger partial charge in [-0.2, -0.15) is 0 Å². The number of hydrogen-bond donors (Lipinski definition) is 0. The van der Waals surface area contributed by atoms with Crippen molar-refractivity contribution in [3.05, 3.63) is 48.0 Å². The fraction of sp³-hybridized carbons (Fsp3) is 0.154. The molecule has 2 rings (SSSR count). The van der Waals surface area contributed by atoms with Crippen LogP contribution in [0.3, 0.4) is 0 Å². The summed E-state index contributed by atoms with van der Waals surface area (Å²) in [5.41, 5.74) is 3.04. The number of ether oxygens (including phenoxy) is 1. The van der Waals surface area contributed by atoms with Gasteiger partial charge in [-0.3, -0.25) is 4.98 Å². The Morgan fingerprint density at radius 2 is 2.12 bits per heavy atom. The Bertz CT molecular complexity index is 538. The lowest BCUT2D eigenvalue weighted by molar-refractivity contribution is 0.0594. The van der Waals surface area contributed by atoms with Gasteiger partial charge in [0.1, 0.15) is 5.69 Å². The van der Waals surface area contributed by atoms with Crippen molar-refractivity contribution in [2.45, 2.75) is 6.92 Å². The highest BCUT2D eigenvalue weighted by molar-refractivity contribution is 5.87. The van der Waals surface area contributed by atoms with Crippen LogP contribution in [0, 0.1) is 6.92 Å². The summed E-state index contributed by atoms with van der Waals surface area (Å²) in [4.78, 5) is 19.6. The molecule has 0 N–H and O–H groups in total. The van der Waals surface area contributed by atoms with E-state index < -0.39 is 5.97 Å². The zero-order chi connectivity index (χ0) is 12.3. The van der Waals surface area contributed by atoms with Crippen LogP contribution in [0.1, 0.15) is 16.2 Å². The molecule has 0 radical (unpaired) electrons. The average molecular weight is 228 g/mol. The van der Waals surface area contributed by atoms with Crippen LogP contribution in [0.25, 0.3) is 11.1 Å². The Labute approximate surface area is 99.3 Å². The highest BCUT2D eigenvalue weighted by atomic mass is 16.5. The molecule has 0 amide bonds. The van der Waals surface area contributed by atoms with E-state index in [9.17, 15) is 4.79 Å². The van der Waals surface area contributed by atoms with E-state index in [1.165, 1.54) is 7.11 Å². The van der Waals surface area contributed by atoms with Crippen LogP contribution in [0.4, 0.5) is 0 Å². The van der Waals surface area contributed by atoms with Gasteiger partial charge in [0.15, 0.2) is 0 Å². The van der Waals surface area contributed by atoms with Crippen molar-refractivity contribution in [2.24, 2.45) is 0 Å². The molecule has 0 atom stereocenters. The van der Waals surface area contributed by atoms with Crippen LogP contribution >= 0.6 is 0 Å². The molecule has 0 bridgehead atoms. The van der Waals surface area contributed by atoms with Gasteiger partial charge in [-0.1, -0.05) is 12.1 Å². The first-order valence-corrected chi connectivity index (χ1v) is 5.18. The largest absolute Gasteiger partial charge is 0.464 e. The molecule has 0 fully saturated rings. The van der Waals surface area contributed by atoms with Gasteiger partial charge < -0.3 is 4.74 Å². The lowest BCUT2D eigenvalue weighted by Crippen LogP contribution is -2.05. The summed E-state index contributed by atoms with van der Waals surface area (Å²) in [6.07, 6.45) is 3.48. The molecule has 0 aliphatic rings. The topological polar surface area (TPSA) is 52.1 Å². The third-order valence-corrected chi connectivity index (χ3v) is 2.45. The van der Waals surface area contributed by atoms with E-state index in [2.05, 4.69) is 14.7 Å². The van der Waals surface area contributed by atoms with E-state index in [0.717, 1.165) is 16.8 Å². The van der Waals surface area contributed by atoms with Crippen molar-refractivity contribution in [2.75, 3.05) is 7.11 Å². The number of hydrogen-bond acceptors (Lipinski definition) is 4. The lowest BCUT2D eigenvalue weighted by Gasteiger charge is -2.06. The highest BCUT2D eigenvalue weighted by Crippen LogP contribution is 2.21. The van der Waals surface area contributed by atoms with E-state index in [1.54, 1.807) is 18.5 Å². The molecule has 0 aliphatic carbocycles. The molecular weight excluding hydrogens is 216 g/mol. The second-order valence-corrected chi connectivity index (χ2v) is 3.56. The maximum atomic E-state index is 11.3. The van der Waals surface area contributed by atoms with E-state index in [1.807, 2.05) is 25.1 Å². The number of carbonyl (C=O) groups excluding carboxylic acids is 1. The minimum Gasteiger partial charge on any atom is -0.464 e. The van der Waals surface area contributed by atoms with Crippen LogP contribution < -0.4 is 0 Å². The summed E-state index contributed by atoms with van der Waals surface area (Å²) < 4.78 is 4.62. The minimum atomic E-state index is -0.425. The van der Waals surface area contributed by atoms with E-state index >= 15 is 0 Å². The molecule has 0 unspecified atom stereocenters. The van der Waals surface area contributed by atoms with Gasteiger partial charge >= 0.3 is 5.97 Å².